The summed E-state index contributed by atoms with van der Waals surface area (Å²) >= 11 is 0. The molecule has 0 aliphatic rings. The Bertz CT molecular complexity index is 658. The summed E-state index contributed by atoms with van der Waals surface area (Å²) < 4.78 is 1.79. The molecule has 0 atom stereocenters. The lowest BCUT2D eigenvalue weighted by Gasteiger charge is -2.06. The SMILES string of the molecule is Cc1nc2c(NCc3ccccc3)cccn2n1. The summed E-state index contributed by atoms with van der Waals surface area (Å²) in [6, 6.07) is 14.3. The van der Waals surface area contributed by atoms with Crippen molar-refractivity contribution in [3.05, 3.63) is 60.0 Å². The first-order valence-electron chi connectivity index (χ1n) is 5.93. The summed E-state index contributed by atoms with van der Waals surface area (Å²) in [7, 11) is 0. The average Bonchev–Trinajstić information content (AvgIpc) is 2.78. The van der Waals surface area contributed by atoms with Crippen molar-refractivity contribution in [2.75, 3.05) is 5.32 Å². The van der Waals surface area contributed by atoms with Crippen molar-refractivity contribution in [2.45, 2.75) is 13.5 Å². The maximum atomic E-state index is 4.41. The summed E-state index contributed by atoms with van der Waals surface area (Å²) in [6.45, 7) is 2.68. The molecule has 0 bridgehead atoms. The zero-order valence-corrected chi connectivity index (χ0v) is 10.2. The van der Waals surface area contributed by atoms with E-state index in [9.17, 15) is 0 Å². The van der Waals surface area contributed by atoms with Crippen molar-refractivity contribution in [1.29, 1.82) is 0 Å². The van der Waals surface area contributed by atoms with E-state index in [1.54, 1.807) is 4.52 Å². The van der Waals surface area contributed by atoms with E-state index in [1.807, 2.05) is 43.5 Å². The van der Waals surface area contributed by atoms with Gasteiger partial charge in [-0.1, -0.05) is 30.3 Å². The molecule has 0 saturated carbocycles. The van der Waals surface area contributed by atoms with Gasteiger partial charge in [0.25, 0.3) is 0 Å². The van der Waals surface area contributed by atoms with Crippen LogP contribution in [0.3, 0.4) is 0 Å². The molecule has 0 saturated heterocycles. The molecule has 0 spiro atoms. The van der Waals surface area contributed by atoms with Gasteiger partial charge >= 0.3 is 0 Å². The fourth-order valence-corrected chi connectivity index (χ4v) is 1.94. The highest BCUT2D eigenvalue weighted by molar-refractivity contribution is 5.66. The van der Waals surface area contributed by atoms with E-state index in [0.29, 0.717) is 0 Å². The summed E-state index contributed by atoms with van der Waals surface area (Å²) in [4.78, 5) is 4.41. The predicted molar refractivity (Wildman–Crippen MR) is 71.5 cm³/mol. The second kappa shape index (κ2) is 4.49. The van der Waals surface area contributed by atoms with Gasteiger partial charge in [-0.15, -0.1) is 0 Å². The summed E-state index contributed by atoms with van der Waals surface area (Å²) in [6.07, 6.45) is 1.91. The number of nitrogens with zero attached hydrogens (tertiary/aromatic N) is 3. The minimum Gasteiger partial charge on any atom is -0.378 e. The molecule has 3 rings (SSSR count). The molecule has 4 heteroatoms. The first-order valence-corrected chi connectivity index (χ1v) is 5.93. The molecule has 0 unspecified atom stereocenters. The van der Waals surface area contributed by atoms with Gasteiger partial charge < -0.3 is 5.32 Å². The molecule has 0 radical (unpaired) electrons. The third-order valence-electron chi connectivity index (χ3n) is 2.79. The number of aryl methyl sites for hydroxylation is 1. The average molecular weight is 238 g/mol. The third kappa shape index (κ3) is 2.05. The minimum atomic E-state index is 0.781. The van der Waals surface area contributed by atoms with Crippen LogP contribution in [-0.4, -0.2) is 14.6 Å². The van der Waals surface area contributed by atoms with Gasteiger partial charge in [-0.25, -0.2) is 9.50 Å². The minimum absolute atomic E-state index is 0.781. The van der Waals surface area contributed by atoms with Crippen LogP contribution in [0.15, 0.2) is 48.7 Å². The molecular weight excluding hydrogens is 224 g/mol. The van der Waals surface area contributed by atoms with Crippen LogP contribution >= 0.6 is 0 Å². The van der Waals surface area contributed by atoms with Crippen LogP contribution in [0.4, 0.5) is 5.69 Å². The van der Waals surface area contributed by atoms with Crippen LogP contribution in [-0.2, 0) is 6.54 Å². The molecule has 0 amide bonds. The van der Waals surface area contributed by atoms with Crippen molar-refractivity contribution in [2.24, 2.45) is 0 Å². The Hall–Kier alpha value is -2.36. The zero-order chi connectivity index (χ0) is 12.4. The lowest BCUT2D eigenvalue weighted by Crippen LogP contribution is -2.01. The zero-order valence-electron chi connectivity index (χ0n) is 10.2. The van der Waals surface area contributed by atoms with Crippen LogP contribution in [0.2, 0.25) is 0 Å². The fraction of sp³-hybridized carbons (Fsp3) is 0.143. The van der Waals surface area contributed by atoms with E-state index in [4.69, 9.17) is 0 Å². The number of hydrogen-bond acceptors (Lipinski definition) is 3. The Kier molecular flexibility index (Phi) is 2.68. The Morgan fingerprint density at radius 1 is 1.11 bits per heavy atom. The number of hydrogen-bond donors (Lipinski definition) is 1. The molecule has 3 aromatic rings. The molecule has 2 aromatic heterocycles. The molecule has 90 valence electrons. The van der Waals surface area contributed by atoms with E-state index >= 15 is 0 Å². The Labute approximate surface area is 105 Å². The Morgan fingerprint density at radius 2 is 1.94 bits per heavy atom. The smallest absolute Gasteiger partial charge is 0.178 e. The lowest BCUT2D eigenvalue weighted by atomic mass is 10.2. The highest BCUT2D eigenvalue weighted by Gasteiger charge is 2.04. The Balaban J connectivity index is 1.86. The molecule has 1 N–H and O–H groups in total. The number of rotatable bonds is 3. The van der Waals surface area contributed by atoms with Crippen LogP contribution in [0.25, 0.3) is 5.65 Å². The summed E-state index contributed by atoms with van der Waals surface area (Å²) in [5.74, 6) is 0.781. The number of benzene rings is 1. The van der Waals surface area contributed by atoms with E-state index < -0.39 is 0 Å². The van der Waals surface area contributed by atoms with Crippen molar-refractivity contribution < 1.29 is 0 Å². The van der Waals surface area contributed by atoms with E-state index in [1.165, 1.54) is 5.56 Å². The van der Waals surface area contributed by atoms with Crippen molar-refractivity contribution >= 4 is 11.3 Å². The number of anilines is 1. The lowest BCUT2D eigenvalue weighted by molar-refractivity contribution is 0.930. The topological polar surface area (TPSA) is 42.2 Å². The first-order chi connectivity index (χ1) is 8.83. The van der Waals surface area contributed by atoms with Gasteiger partial charge in [0.1, 0.15) is 5.82 Å². The quantitative estimate of drug-likeness (QED) is 0.762. The second-order valence-electron chi connectivity index (χ2n) is 4.19. The predicted octanol–water partition coefficient (Wildman–Crippen LogP) is 2.65. The van der Waals surface area contributed by atoms with Gasteiger partial charge in [0, 0.05) is 12.7 Å². The maximum Gasteiger partial charge on any atom is 0.178 e. The number of aromatic nitrogens is 3. The first kappa shape index (κ1) is 10.8. The van der Waals surface area contributed by atoms with Crippen LogP contribution < -0.4 is 5.32 Å². The standard InChI is InChI=1S/C14H14N4/c1-11-16-14-13(8-5-9-18(14)17-11)15-10-12-6-3-2-4-7-12/h2-9,15H,10H2,1H3. The van der Waals surface area contributed by atoms with E-state index in [2.05, 4.69) is 27.5 Å². The monoisotopic (exact) mass is 238 g/mol. The van der Waals surface area contributed by atoms with Gasteiger partial charge in [-0.3, -0.25) is 0 Å². The van der Waals surface area contributed by atoms with Crippen molar-refractivity contribution in [3.63, 3.8) is 0 Å². The molecule has 2 heterocycles. The molecular formula is C14H14N4. The number of fused-ring (bicyclic) bond motifs is 1. The van der Waals surface area contributed by atoms with Gasteiger partial charge in [-0.05, 0) is 24.6 Å². The third-order valence-corrected chi connectivity index (χ3v) is 2.79. The van der Waals surface area contributed by atoms with Gasteiger partial charge in [0.05, 0.1) is 5.69 Å². The normalized spacial score (nSPS) is 10.7. The largest absolute Gasteiger partial charge is 0.378 e. The molecule has 4 nitrogen and oxygen atoms in total. The van der Waals surface area contributed by atoms with Crippen LogP contribution in [0.5, 0.6) is 0 Å². The van der Waals surface area contributed by atoms with Gasteiger partial charge in [0.15, 0.2) is 5.65 Å². The van der Waals surface area contributed by atoms with E-state index in [-0.39, 0.29) is 0 Å². The van der Waals surface area contributed by atoms with Crippen molar-refractivity contribution in [3.8, 4) is 0 Å². The summed E-state index contributed by atoms with van der Waals surface area (Å²) in [5.41, 5.74) is 3.11. The van der Waals surface area contributed by atoms with Crippen LogP contribution in [0.1, 0.15) is 11.4 Å². The van der Waals surface area contributed by atoms with Gasteiger partial charge in [-0.2, -0.15) is 5.10 Å². The molecule has 18 heavy (non-hydrogen) atoms. The molecule has 0 aliphatic heterocycles. The fourth-order valence-electron chi connectivity index (χ4n) is 1.94. The number of pyridine rings is 1. The van der Waals surface area contributed by atoms with E-state index in [0.717, 1.165) is 23.7 Å². The summed E-state index contributed by atoms with van der Waals surface area (Å²) in [5, 5.41) is 7.69. The van der Waals surface area contributed by atoms with Crippen molar-refractivity contribution in [1.82, 2.24) is 14.6 Å². The highest BCUT2D eigenvalue weighted by Crippen LogP contribution is 2.15. The highest BCUT2D eigenvalue weighted by atomic mass is 15.3. The molecule has 0 fully saturated rings. The molecule has 0 aliphatic carbocycles. The maximum absolute atomic E-state index is 4.41. The Morgan fingerprint density at radius 3 is 2.78 bits per heavy atom. The van der Waals surface area contributed by atoms with Gasteiger partial charge in [0.2, 0.25) is 0 Å². The number of nitrogens with one attached hydrogen (secondary N) is 1. The van der Waals surface area contributed by atoms with Crippen LogP contribution in [0, 0.1) is 6.92 Å². The second-order valence-corrected chi connectivity index (χ2v) is 4.19. The molecule has 1 aromatic carbocycles.